The van der Waals surface area contributed by atoms with E-state index in [0.717, 1.165) is 30.7 Å². The van der Waals surface area contributed by atoms with Gasteiger partial charge in [-0.25, -0.2) is 0 Å². The molecule has 473 valence electrons. The predicted octanol–water partition coefficient (Wildman–Crippen LogP) is 15.1. The van der Waals surface area contributed by atoms with Crippen molar-refractivity contribution >= 4 is 37.5 Å². The van der Waals surface area contributed by atoms with Crippen LogP contribution in [-0.2, 0) is 82.7 Å². The monoisotopic (exact) mass is 1390 g/mol. The van der Waals surface area contributed by atoms with Gasteiger partial charge in [0, 0.05) is 46.6 Å². The number of halogens is 24. The van der Waals surface area contributed by atoms with Gasteiger partial charge >= 0.3 is 49.4 Å². The van der Waals surface area contributed by atoms with E-state index in [1.165, 1.54) is 25.3 Å². The summed E-state index contributed by atoms with van der Waals surface area (Å²) in [7, 11) is -8.80. The zero-order chi connectivity index (χ0) is 63.4. The van der Waals surface area contributed by atoms with Crippen molar-refractivity contribution in [2.45, 2.75) is 117 Å². The normalized spacial score (nSPS) is 22.9. The van der Waals surface area contributed by atoms with Gasteiger partial charge in [0.25, 0.3) is 0 Å². The van der Waals surface area contributed by atoms with Crippen LogP contribution in [0.4, 0.5) is 105 Å². The molecule has 1 heterocycles. The number of aliphatic hydroxyl groups is 3. The number of ether oxygens (including phenoxy) is 1. The number of benzene rings is 5. The fraction of sp³-hybridized carbons (Fsp3) is 0.358. The van der Waals surface area contributed by atoms with Crippen molar-refractivity contribution in [2.75, 3.05) is 0 Å². The first-order valence-corrected chi connectivity index (χ1v) is 26.5. The van der Waals surface area contributed by atoms with Gasteiger partial charge in [-0.05, 0) is 84.8 Å². The van der Waals surface area contributed by atoms with Crippen LogP contribution in [0.15, 0.2) is 121 Å². The molecule has 0 spiro atoms. The smallest absolute Gasteiger partial charge is 0.416 e. The molecule has 3 aliphatic rings. The molecule has 2 unspecified atom stereocenters. The van der Waals surface area contributed by atoms with E-state index in [4.69, 9.17) is 13.8 Å². The number of fused-ring (bicyclic) bond motifs is 1. The van der Waals surface area contributed by atoms with Crippen LogP contribution in [0.5, 0.6) is 0 Å². The Hall–Kier alpha value is -4.86. The molecule has 0 bridgehead atoms. The zero-order valence-corrected chi connectivity index (χ0v) is 45.6. The van der Waals surface area contributed by atoms with Crippen molar-refractivity contribution in [3.05, 3.63) is 178 Å². The molecule has 5 aromatic rings. The SMILES string of the molecule is OC1C(c2ccccc2)[C@@]2(O)[C@@H]1O[C@@H](O)[C@H](OP(c1cc(C(F)(F)F)cc(C(F)(F)F)c1)c1cc(C(F)(F)F)cc(C(F)(F)F)c1)[C@H]2OP(c1cc(C(F)(F)F)cc(C(F)(F)F)c1)c1cc(C(F)(F)F)cc(C(F)(F)F)c1.[C-]1=CCC/C=C\CC1.[Rh]. The van der Waals surface area contributed by atoms with Crippen molar-refractivity contribution < 1.29 is 154 Å². The quantitative estimate of drug-likeness (QED) is 0.0448. The predicted molar refractivity (Wildman–Crippen MR) is 254 cm³/mol. The molecule has 0 aromatic heterocycles. The molecule has 5 aromatic carbocycles. The average molecular weight is 1390 g/mol. The Morgan fingerprint density at radius 1 is 0.442 bits per heavy atom. The first-order chi connectivity index (χ1) is 38.9. The second kappa shape index (κ2) is 25.6. The second-order valence-corrected chi connectivity index (χ2v) is 22.6. The molecule has 33 heteroatoms. The number of hydrogen-bond donors (Lipinski definition) is 3. The third kappa shape index (κ3) is 16.1. The van der Waals surface area contributed by atoms with Gasteiger partial charge in [-0.3, -0.25) is 6.08 Å². The van der Waals surface area contributed by atoms with Crippen molar-refractivity contribution in [3.8, 4) is 0 Å². The minimum absolute atomic E-state index is 0. The van der Waals surface area contributed by atoms with Gasteiger partial charge in [0.1, 0.15) is 23.9 Å². The maximum atomic E-state index is 14.4. The summed E-state index contributed by atoms with van der Waals surface area (Å²) in [6, 6.07) is 0.783. The maximum absolute atomic E-state index is 14.4. The first-order valence-electron chi connectivity index (χ1n) is 24.0. The van der Waals surface area contributed by atoms with Crippen LogP contribution in [0.25, 0.3) is 0 Å². The zero-order valence-electron chi connectivity index (χ0n) is 42.2. The van der Waals surface area contributed by atoms with Gasteiger partial charge in [-0.1, -0.05) is 55.3 Å². The van der Waals surface area contributed by atoms with E-state index in [9.17, 15) is 121 Å². The molecular formula is C53H37F24O6P2Rh-. The molecule has 0 amide bonds. The number of rotatable bonds is 9. The number of hydrogen-bond acceptors (Lipinski definition) is 6. The van der Waals surface area contributed by atoms with Gasteiger partial charge in [0.15, 0.2) is 6.29 Å². The molecule has 6 nitrogen and oxygen atoms in total. The summed E-state index contributed by atoms with van der Waals surface area (Å²) >= 11 is 0. The van der Waals surface area contributed by atoms with Crippen LogP contribution in [0.2, 0.25) is 0 Å². The van der Waals surface area contributed by atoms with Crippen LogP contribution in [0.3, 0.4) is 0 Å². The summed E-state index contributed by atoms with van der Waals surface area (Å²) in [6.45, 7) is 0. The molecule has 1 aliphatic heterocycles. The fourth-order valence-corrected chi connectivity index (χ4v) is 13.2. The van der Waals surface area contributed by atoms with Crippen LogP contribution in [-0.4, -0.2) is 51.6 Å². The van der Waals surface area contributed by atoms with E-state index in [1.54, 1.807) is 0 Å². The standard InChI is InChI=1S/C45H26F24O6P2.C8H11.Rh/c46-38(47,48)19-6-20(39(49,50)51)11-27(10-19)76(28-12-21(40(52,53)54)7-22(13-28)41(55,56)57)74-33-35(37(72)31(18-4-2-1-3-5-18)32(70)34(37)73-36(33)71)75-77(29-14-23(42(58,59)60)8-24(15-29)43(61,62)63)30-16-25(44(64,65)66)9-26(17-30)45(67,68)69;1-2-4-6-8-7-5-3-1;/h1-17,31-36,70-72H;1-2,7H,3-6H2;/q;-1;/b;2-1-;/t31?,32?,33-,34-,35-,36-,37-;;/m1../s1. The summed E-state index contributed by atoms with van der Waals surface area (Å²) in [5, 5.41) is 29.1. The Morgan fingerprint density at radius 3 is 1.08 bits per heavy atom. The molecule has 2 aliphatic carbocycles. The van der Waals surface area contributed by atoms with E-state index in [2.05, 4.69) is 24.3 Å². The number of allylic oxidation sites excluding steroid dienone is 4. The van der Waals surface area contributed by atoms with Crippen LogP contribution >= 0.6 is 16.3 Å². The molecular weight excluding hydrogens is 1350 g/mol. The van der Waals surface area contributed by atoms with Gasteiger partial charge < -0.3 is 35.2 Å². The molecule has 1 saturated carbocycles. The van der Waals surface area contributed by atoms with Crippen LogP contribution < -0.4 is 21.2 Å². The van der Waals surface area contributed by atoms with Crippen molar-refractivity contribution in [1.82, 2.24) is 0 Å². The Bertz CT molecular complexity index is 2920. The van der Waals surface area contributed by atoms with E-state index < -0.39 is 198 Å². The third-order valence-corrected chi connectivity index (χ3v) is 16.8. The Balaban J connectivity index is 0.00000121. The van der Waals surface area contributed by atoms with Crippen LogP contribution in [0, 0.1) is 6.08 Å². The Labute approximate surface area is 484 Å². The molecule has 1 saturated heterocycles. The van der Waals surface area contributed by atoms with E-state index in [0.29, 0.717) is 0 Å². The van der Waals surface area contributed by atoms with Gasteiger partial charge in [-0.2, -0.15) is 112 Å². The maximum Gasteiger partial charge on any atom is 0.416 e. The fourth-order valence-electron chi connectivity index (χ4n) is 9.11. The third-order valence-electron chi connectivity index (χ3n) is 13.0. The Morgan fingerprint density at radius 2 is 0.756 bits per heavy atom. The van der Waals surface area contributed by atoms with Crippen molar-refractivity contribution in [1.29, 1.82) is 0 Å². The summed E-state index contributed by atoms with van der Waals surface area (Å²) < 4.78 is 363. The summed E-state index contributed by atoms with van der Waals surface area (Å²) in [5.74, 6) is -2.14. The molecule has 86 heavy (non-hydrogen) atoms. The first kappa shape index (κ1) is 70.2. The van der Waals surface area contributed by atoms with E-state index in [-0.39, 0.29) is 73.6 Å². The molecule has 8 rings (SSSR count). The number of aliphatic hydroxyl groups excluding tert-OH is 2. The topological polar surface area (TPSA) is 88.4 Å². The van der Waals surface area contributed by atoms with Gasteiger partial charge in [0.05, 0.1) is 66.9 Å². The largest absolute Gasteiger partial charge is 0.500 e. The molecule has 3 N–H and O–H groups in total. The van der Waals surface area contributed by atoms with Crippen molar-refractivity contribution in [3.63, 3.8) is 0 Å². The van der Waals surface area contributed by atoms with Gasteiger partial charge in [-0.15, -0.1) is 0 Å². The van der Waals surface area contributed by atoms with E-state index >= 15 is 0 Å². The minimum atomic E-state index is -5.89. The summed E-state index contributed by atoms with van der Waals surface area (Å²) in [4.78, 5) is 0. The van der Waals surface area contributed by atoms with Gasteiger partial charge in [0.2, 0.25) is 0 Å². The van der Waals surface area contributed by atoms with E-state index in [1.807, 2.05) is 0 Å². The molecule has 7 atom stereocenters. The molecule has 1 radical (unpaired) electrons. The molecule has 2 fully saturated rings. The van der Waals surface area contributed by atoms with Crippen molar-refractivity contribution in [2.24, 2.45) is 0 Å². The number of alkyl halides is 24. The van der Waals surface area contributed by atoms with Crippen LogP contribution in [0.1, 0.15) is 81.7 Å². The summed E-state index contributed by atoms with van der Waals surface area (Å²) in [5.41, 5.74) is -22.6. The Kier molecular flexibility index (Phi) is 20.9. The minimum Gasteiger partial charge on any atom is -0.500 e. The average Bonchev–Trinajstić information content (AvgIpc) is 0.697. The second-order valence-electron chi connectivity index (χ2n) is 19.0. The summed E-state index contributed by atoms with van der Waals surface area (Å²) in [6.07, 6.45) is -47.0.